The molecule has 5 nitrogen and oxygen atoms in total. The van der Waals surface area contributed by atoms with Crippen LogP contribution in [0.4, 0.5) is 0 Å². The van der Waals surface area contributed by atoms with Crippen molar-refractivity contribution in [3.05, 3.63) is 0 Å². The van der Waals surface area contributed by atoms with E-state index in [0.29, 0.717) is 0 Å². The Bertz CT molecular complexity index is 150. The molecule has 1 heterocycles. The first-order valence-corrected chi connectivity index (χ1v) is 5.04. The van der Waals surface area contributed by atoms with Crippen molar-refractivity contribution in [1.82, 2.24) is 0 Å². The third-order valence-corrected chi connectivity index (χ3v) is 3.47. The Labute approximate surface area is 78.5 Å². The third-order valence-electron chi connectivity index (χ3n) is 1.95. The number of hydrogen-bond acceptors (Lipinski definition) is 5. The van der Waals surface area contributed by atoms with Crippen molar-refractivity contribution in [1.29, 1.82) is 0 Å². The minimum atomic E-state index is -1.12. The molecule has 0 radical (unpaired) electrons. The van der Waals surface area contributed by atoms with Gasteiger partial charge in [-0.2, -0.15) is 0 Å². The molecule has 6 atom stereocenters. The van der Waals surface area contributed by atoms with E-state index >= 15 is 0 Å². The van der Waals surface area contributed by atoms with Crippen molar-refractivity contribution in [2.75, 3.05) is 6.61 Å². The van der Waals surface area contributed by atoms with Gasteiger partial charge in [0.05, 0.1) is 0 Å². The summed E-state index contributed by atoms with van der Waals surface area (Å²) in [4.78, 5) is 0. The minimum absolute atomic E-state index is 0.408. The van der Waals surface area contributed by atoms with Gasteiger partial charge in [0.2, 0.25) is 0 Å². The summed E-state index contributed by atoms with van der Waals surface area (Å²) in [5.41, 5.74) is 0. The normalized spacial score (nSPS) is 49.2. The summed E-state index contributed by atoms with van der Waals surface area (Å²) in [7, 11) is 0. The average Bonchev–Trinajstić information content (AvgIpc) is 2.08. The van der Waals surface area contributed by atoms with Crippen molar-refractivity contribution in [3.63, 3.8) is 0 Å². The molecule has 1 saturated heterocycles. The molecule has 1 aliphatic rings. The van der Waals surface area contributed by atoms with E-state index in [2.05, 4.69) is 0 Å². The van der Waals surface area contributed by atoms with Crippen molar-refractivity contribution < 1.29 is 25.2 Å². The molecule has 0 bridgehead atoms. The molecular formula is C6H13AsO5. The van der Waals surface area contributed by atoms with Crippen LogP contribution in [0.3, 0.4) is 0 Å². The Kier molecular flexibility index (Phi) is 3.52. The molecule has 1 rings (SSSR count). The Morgan fingerprint density at radius 2 is 1.75 bits per heavy atom. The summed E-state index contributed by atoms with van der Waals surface area (Å²) in [6.45, 7) is -0.408. The fraction of sp³-hybridized carbons (Fsp3) is 1.00. The van der Waals surface area contributed by atoms with Crippen LogP contribution in [0.25, 0.3) is 0 Å². The second-order valence-electron chi connectivity index (χ2n) is 2.81. The monoisotopic (exact) mass is 240 g/mol. The summed E-state index contributed by atoms with van der Waals surface area (Å²) in [5.74, 6) is 0. The molecule has 0 saturated carbocycles. The quantitative estimate of drug-likeness (QED) is 0.363. The van der Waals surface area contributed by atoms with E-state index in [1.807, 2.05) is 0 Å². The molecule has 0 amide bonds. The van der Waals surface area contributed by atoms with Crippen LogP contribution in [0.1, 0.15) is 0 Å². The molecule has 1 fully saturated rings. The Hall–Kier alpha value is 0.358. The average molecular weight is 240 g/mol. The summed E-state index contributed by atoms with van der Waals surface area (Å²) >= 11 is 1.10. The molecule has 0 aromatic rings. The van der Waals surface area contributed by atoms with Gasteiger partial charge >= 0.3 is 77.9 Å². The fourth-order valence-electron chi connectivity index (χ4n) is 1.12. The number of aliphatic hydroxyl groups excluding tert-OH is 4. The zero-order chi connectivity index (χ0) is 9.30. The second kappa shape index (κ2) is 4.04. The van der Waals surface area contributed by atoms with E-state index in [9.17, 15) is 15.3 Å². The first-order chi connectivity index (χ1) is 5.57. The maximum absolute atomic E-state index is 9.33. The molecule has 0 aromatic carbocycles. The second-order valence-corrected chi connectivity index (χ2v) is 4.42. The summed E-state index contributed by atoms with van der Waals surface area (Å²) in [6.07, 6.45) is -4.12. The Balaban J connectivity index is 2.63. The van der Waals surface area contributed by atoms with Gasteiger partial charge in [-0.15, -0.1) is 0 Å². The van der Waals surface area contributed by atoms with Crippen molar-refractivity contribution in [3.8, 4) is 0 Å². The number of ether oxygens (including phenoxy) is 1. The maximum atomic E-state index is 9.33. The molecule has 1 unspecified atom stereocenters. The van der Waals surface area contributed by atoms with E-state index in [4.69, 9.17) is 9.84 Å². The zero-order valence-electron chi connectivity index (χ0n) is 6.37. The van der Waals surface area contributed by atoms with Gasteiger partial charge in [0.1, 0.15) is 0 Å². The summed E-state index contributed by atoms with van der Waals surface area (Å²) < 4.78 is 4.36. The molecular weight excluding hydrogens is 227 g/mol. The van der Waals surface area contributed by atoms with Gasteiger partial charge in [0, 0.05) is 0 Å². The van der Waals surface area contributed by atoms with Crippen LogP contribution in [0.15, 0.2) is 0 Å². The van der Waals surface area contributed by atoms with Gasteiger partial charge in [0.15, 0.2) is 0 Å². The Morgan fingerprint density at radius 3 is 2.25 bits per heavy atom. The number of hydrogen-bond donors (Lipinski definition) is 4. The SMILES string of the molecule is OC[C@H]1O[C@H](O)[C@@H]([AsH2])[C@@H](O)[C@@H]1O. The van der Waals surface area contributed by atoms with Crippen LogP contribution in [-0.2, 0) is 4.74 Å². The van der Waals surface area contributed by atoms with E-state index in [-0.39, 0.29) is 0 Å². The van der Waals surface area contributed by atoms with Gasteiger partial charge in [-0.05, 0) is 0 Å². The third kappa shape index (κ3) is 1.81. The van der Waals surface area contributed by atoms with Crippen LogP contribution < -0.4 is 0 Å². The van der Waals surface area contributed by atoms with Gasteiger partial charge in [-0.25, -0.2) is 0 Å². The molecule has 12 heavy (non-hydrogen) atoms. The molecule has 0 aliphatic carbocycles. The molecule has 4 N–H and O–H groups in total. The first kappa shape index (κ1) is 10.4. The standard InChI is InChI=1S/C6H13AsO5/c7-3-5(10)4(9)2(1-8)12-6(3)11/h2-6,8-11H,1,7H2/t2-,3+,4-,5-,6+/m1/s1. The zero-order valence-corrected chi connectivity index (χ0v) is 8.79. The number of rotatable bonds is 1. The van der Waals surface area contributed by atoms with Gasteiger partial charge in [0.25, 0.3) is 0 Å². The van der Waals surface area contributed by atoms with E-state index in [0.717, 1.165) is 16.9 Å². The first-order valence-electron chi connectivity index (χ1n) is 3.64. The topological polar surface area (TPSA) is 90.2 Å². The summed E-state index contributed by atoms with van der Waals surface area (Å²) in [6, 6.07) is 0. The van der Waals surface area contributed by atoms with Crippen LogP contribution in [0, 0.1) is 0 Å². The summed E-state index contributed by atoms with van der Waals surface area (Å²) in [5, 5.41) is 36.5. The van der Waals surface area contributed by atoms with Gasteiger partial charge in [-0.3, -0.25) is 0 Å². The van der Waals surface area contributed by atoms with E-state index in [1.165, 1.54) is 0 Å². The number of aliphatic hydroxyl groups is 4. The van der Waals surface area contributed by atoms with Gasteiger partial charge in [-0.1, -0.05) is 0 Å². The van der Waals surface area contributed by atoms with E-state index in [1.54, 1.807) is 0 Å². The van der Waals surface area contributed by atoms with Crippen LogP contribution in [-0.4, -0.2) is 68.5 Å². The fourth-order valence-corrected chi connectivity index (χ4v) is 1.79. The van der Waals surface area contributed by atoms with Crippen LogP contribution in [0.5, 0.6) is 0 Å². The van der Waals surface area contributed by atoms with Crippen LogP contribution >= 0.6 is 0 Å². The molecule has 1 aliphatic heterocycles. The van der Waals surface area contributed by atoms with Crippen molar-refractivity contribution in [2.24, 2.45) is 0 Å². The van der Waals surface area contributed by atoms with Crippen molar-refractivity contribution in [2.45, 2.75) is 29.3 Å². The Morgan fingerprint density at radius 1 is 1.17 bits per heavy atom. The molecule has 72 valence electrons. The predicted molar refractivity (Wildman–Crippen MR) is 42.3 cm³/mol. The van der Waals surface area contributed by atoms with E-state index < -0.39 is 35.9 Å². The molecule has 0 aromatic heterocycles. The van der Waals surface area contributed by atoms with Crippen LogP contribution in [0.2, 0.25) is 4.71 Å². The van der Waals surface area contributed by atoms with Gasteiger partial charge < -0.3 is 0 Å². The predicted octanol–water partition coefficient (Wildman–Crippen LogP) is -3.16. The molecule has 0 spiro atoms. The molecule has 6 heteroatoms. The van der Waals surface area contributed by atoms with Crippen molar-refractivity contribution >= 4 is 16.9 Å².